The number of nitrogens with zero attached hydrogens (tertiary/aromatic N) is 1. The normalized spacial score (nSPS) is 18.1. The largest absolute Gasteiger partial charge is 0.465 e. The van der Waals surface area contributed by atoms with Crippen molar-refractivity contribution in [3.63, 3.8) is 0 Å². The molecule has 1 fully saturated rings. The van der Waals surface area contributed by atoms with Gasteiger partial charge in [-0.2, -0.15) is 0 Å². The van der Waals surface area contributed by atoms with Crippen molar-refractivity contribution < 1.29 is 18.4 Å². The molecule has 7 heteroatoms. The number of carbonyl (C=O) groups excluding carboxylic acids is 2. The zero-order valence-corrected chi connectivity index (χ0v) is 15.2. The first kappa shape index (κ1) is 17.6. The minimum absolute atomic E-state index is 0.0469. The minimum atomic E-state index is -0.405. The summed E-state index contributed by atoms with van der Waals surface area (Å²) in [6.45, 7) is 3.32. The smallest absolute Gasteiger partial charge is 0.317 e. The molecule has 142 valence electrons. The van der Waals surface area contributed by atoms with Crippen molar-refractivity contribution in [1.82, 2.24) is 10.2 Å². The van der Waals surface area contributed by atoms with Crippen LogP contribution in [0.1, 0.15) is 41.1 Å². The average Bonchev–Trinajstić information content (AvgIpc) is 3.06. The lowest BCUT2D eigenvalue weighted by Gasteiger charge is -2.45. The van der Waals surface area contributed by atoms with Gasteiger partial charge in [0.25, 0.3) is 0 Å². The van der Waals surface area contributed by atoms with Crippen LogP contribution in [0, 0.1) is 12.7 Å². The topological polar surface area (TPSA) is 74.6 Å². The lowest BCUT2D eigenvalue weighted by atomic mass is 9.78. The number of nitrogens with one attached hydrogen (secondary N) is 2. The Hall–Kier alpha value is -2.83. The van der Waals surface area contributed by atoms with Crippen LogP contribution in [0.4, 0.5) is 14.9 Å². The zero-order valence-electron chi connectivity index (χ0n) is 15.2. The summed E-state index contributed by atoms with van der Waals surface area (Å²) < 4.78 is 18.9. The second-order valence-corrected chi connectivity index (χ2v) is 7.35. The molecule has 1 saturated heterocycles. The van der Waals surface area contributed by atoms with Crippen molar-refractivity contribution in [1.29, 1.82) is 0 Å². The molecule has 1 aromatic heterocycles. The standard InChI is InChI=1S/C20H22FN3O3/c1-13-2-4-15(27-13)12-22-19(26)24-8-6-20(7-9-24)11-18(25)16-10-14(21)3-5-17(16)23-20/h2-5,10,23H,6-9,11-12H2,1H3,(H,22,26). The number of fused-ring (bicyclic) bond motifs is 1. The molecule has 0 aliphatic carbocycles. The molecule has 2 aliphatic rings. The van der Waals surface area contributed by atoms with Crippen molar-refractivity contribution in [3.8, 4) is 0 Å². The number of ketones is 1. The third-order valence-corrected chi connectivity index (χ3v) is 5.40. The highest BCUT2D eigenvalue weighted by atomic mass is 19.1. The number of urea groups is 1. The first-order valence-electron chi connectivity index (χ1n) is 9.13. The van der Waals surface area contributed by atoms with Crippen LogP contribution in [0.2, 0.25) is 0 Å². The van der Waals surface area contributed by atoms with Gasteiger partial charge in [-0.05, 0) is 50.1 Å². The van der Waals surface area contributed by atoms with E-state index in [4.69, 9.17) is 4.42 Å². The number of likely N-dealkylation sites (tertiary alicyclic amines) is 1. The molecule has 4 rings (SSSR count). The van der Waals surface area contributed by atoms with Crippen molar-refractivity contribution in [2.75, 3.05) is 18.4 Å². The number of hydrogen-bond donors (Lipinski definition) is 2. The SMILES string of the molecule is Cc1ccc(CNC(=O)N2CCC3(CC2)CC(=O)c2cc(F)ccc2N3)o1. The van der Waals surface area contributed by atoms with Crippen molar-refractivity contribution in [2.24, 2.45) is 0 Å². The van der Waals surface area contributed by atoms with Crippen LogP contribution in [-0.4, -0.2) is 35.3 Å². The quantitative estimate of drug-likeness (QED) is 0.848. The number of piperidine rings is 1. The molecule has 0 bridgehead atoms. The molecule has 2 amide bonds. The first-order chi connectivity index (χ1) is 12.9. The molecule has 2 N–H and O–H groups in total. The number of rotatable bonds is 2. The monoisotopic (exact) mass is 371 g/mol. The summed E-state index contributed by atoms with van der Waals surface area (Å²) in [6.07, 6.45) is 1.66. The number of carbonyl (C=O) groups is 2. The Morgan fingerprint density at radius 1 is 1.30 bits per heavy atom. The number of aryl methyl sites for hydroxylation is 1. The van der Waals surface area contributed by atoms with E-state index >= 15 is 0 Å². The predicted octanol–water partition coefficient (Wildman–Crippen LogP) is 3.47. The molecule has 3 heterocycles. The fraction of sp³-hybridized carbons (Fsp3) is 0.400. The number of Topliss-reactive ketones (excluding diaryl/α,β-unsaturated/α-hetero) is 1. The summed E-state index contributed by atoms with van der Waals surface area (Å²) in [7, 11) is 0. The number of amides is 2. The van der Waals surface area contributed by atoms with Crippen LogP contribution in [0.15, 0.2) is 34.7 Å². The summed E-state index contributed by atoms with van der Waals surface area (Å²) >= 11 is 0. The molecule has 2 aliphatic heterocycles. The number of benzene rings is 1. The van der Waals surface area contributed by atoms with Gasteiger partial charge in [0.2, 0.25) is 0 Å². The predicted molar refractivity (Wildman–Crippen MR) is 98.2 cm³/mol. The Morgan fingerprint density at radius 3 is 2.78 bits per heavy atom. The van der Waals surface area contributed by atoms with Crippen LogP contribution < -0.4 is 10.6 Å². The molecule has 1 aromatic carbocycles. The van der Waals surface area contributed by atoms with Gasteiger partial charge in [0.05, 0.1) is 6.54 Å². The fourth-order valence-electron chi connectivity index (χ4n) is 3.88. The maximum absolute atomic E-state index is 13.4. The molecule has 27 heavy (non-hydrogen) atoms. The van der Waals surface area contributed by atoms with Gasteiger partial charge in [-0.15, -0.1) is 0 Å². The highest BCUT2D eigenvalue weighted by molar-refractivity contribution is 6.04. The second kappa shape index (κ2) is 6.72. The van der Waals surface area contributed by atoms with E-state index in [2.05, 4.69) is 10.6 Å². The van der Waals surface area contributed by atoms with E-state index in [9.17, 15) is 14.0 Å². The second-order valence-electron chi connectivity index (χ2n) is 7.35. The van der Waals surface area contributed by atoms with E-state index in [1.807, 2.05) is 19.1 Å². The Bertz CT molecular complexity index is 884. The molecule has 0 radical (unpaired) electrons. The summed E-state index contributed by atoms with van der Waals surface area (Å²) in [6, 6.07) is 7.84. The van der Waals surface area contributed by atoms with Crippen LogP contribution in [0.3, 0.4) is 0 Å². The van der Waals surface area contributed by atoms with Gasteiger partial charge < -0.3 is 20.0 Å². The van der Waals surface area contributed by atoms with Crippen LogP contribution in [0.25, 0.3) is 0 Å². The molecule has 0 saturated carbocycles. The van der Waals surface area contributed by atoms with Gasteiger partial charge in [0, 0.05) is 36.3 Å². The number of furan rings is 1. The highest BCUT2D eigenvalue weighted by Crippen LogP contribution is 2.37. The third-order valence-electron chi connectivity index (χ3n) is 5.40. The van der Waals surface area contributed by atoms with Gasteiger partial charge >= 0.3 is 6.03 Å². The maximum Gasteiger partial charge on any atom is 0.317 e. The van der Waals surface area contributed by atoms with Gasteiger partial charge in [0.15, 0.2) is 5.78 Å². The maximum atomic E-state index is 13.4. The molecule has 0 unspecified atom stereocenters. The zero-order chi connectivity index (χ0) is 19.0. The summed E-state index contributed by atoms with van der Waals surface area (Å²) in [5.41, 5.74) is 0.727. The van der Waals surface area contributed by atoms with E-state index < -0.39 is 5.82 Å². The molecular formula is C20H22FN3O3. The van der Waals surface area contributed by atoms with Crippen LogP contribution in [0.5, 0.6) is 0 Å². The van der Waals surface area contributed by atoms with Gasteiger partial charge in [0.1, 0.15) is 17.3 Å². The molecule has 0 atom stereocenters. The summed E-state index contributed by atoms with van der Waals surface area (Å²) in [5.74, 6) is 1.08. The number of anilines is 1. The van der Waals surface area contributed by atoms with E-state index in [0.717, 1.165) is 11.5 Å². The average molecular weight is 371 g/mol. The number of hydrogen-bond acceptors (Lipinski definition) is 4. The summed E-state index contributed by atoms with van der Waals surface area (Å²) in [4.78, 5) is 26.6. The van der Waals surface area contributed by atoms with Crippen molar-refractivity contribution >= 4 is 17.5 Å². The fourth-order valence-corrected chi connectivity index (χ4v) is 3.88. The lowest BCUT2D eigenvalue weighted by Crippen LogP contribution is -2.55. The van der Waals surface area contributed by atoms with Gasteiger partial charge in [-0.1, -0.05) is 0 Å². The van der Waals surface area contributed by atoms with E-state index in [1.54, 1.807) is 11.0 Å². The van der Waals surface area contributed by atoms with Crippen molar-refractivity contribution in [3.05, 3.63) is 53.2 Å². The molecule has 6 nitrogen and oxygen atoms in total. The van der Waals surface area contributed by atoms with E-state index in [-0.39, 0.29) is 17.4 Å². The Morgan fingerprint density at radius 2 is 2.07 bits per heavy atom. The minimum Gasteiger partial charge on any atom is -0.465 e. The van der Waals surface area contributed by atoms with E-state index in [1.165, 1.54) is 12.1 Å². The van der Waals surface area contributed by atoms with Crippen LogP contribution >= 0.6 is 0 Å². The molecule has 1 spiro atoms. The summed E-state index contributed by atoms with van der Waals surface area (Å²) in [5, 5.41) is 6.30. The highest BCUT2D eigenvalue weighted by Gasteiger charge is 2.41. The lowest BCUT2D eigenvalue weighted by molar-refractivity contribution is 0.0915. The van der Waals surface area contributed by atoms with E-state index in [0.29, 0.717) is 50.1 Å². The van der Waals surface area contributed by atoms with Gasteiger partial charge in [-0.25, -0.2) is 9.18 Å². The molecular weight excluding hydrogens is 349 g/mol. The molecule has 2 aromatic rings. The Labute approximate surface area is 156 Å². The first-order valence-corrected chi connectivity index (χ1v) is 9.13. The van der Waals surface area contributed by atoms with Crippen LogP contribution in [-0.2, 0) is 6.54 Å². The van der Waals surface area contributed by atoms with Gasteiger partial charge in [-0.3, -0.25) is 4.79 Å². The van der Waals surface area contributed by atoms with Crippen molar-refractivity contribution in [2.45, 2.75) is 38.3 Å². The Kier molecular flexibility index (Phi) is 4.37. The Balaban J connectivity index is 1.36. The third kappa shape index (κ3) is 3.54. The number of halogens is 1.